The van der Waals surface area contributed by atoms with Crippen molar-refractivity contribution in [2.75, 3.05) is 18.5 Å². The van der Waals surface area contributed by atoms with Crippen LogP contribution in [0.2, 0.25) is 5.15 Å². The van der Waals surface area contributed by atoms with Crippen molar-refractivity contribution in [2.24, 2.45) is 0 Å². The van der Waals surface area contributed by atoms with Crippen LogP contribution >= 0.6 is 11.6 Å². The average molecular weight is 204 g/mol. The third-order valence-corrected chi connectivity index (χ3v) is 1.71. The average Bonchev–Trinajstić information content (AvgIpc) is 2.17. The number of halogens is 1. The summed E-state index contributed by atoms with van der Waals surface area (Å²) in [6.07, 6.45) is 2.93. The molecule has 1 aromatic heterocycles. The molecule has 1 heterocycles. The van der Waals surface area contributed by atoms with Crippen LogP contribution in [0.1, 0.15) is 0 Å². The van der Waals surface area contributed by atoms with E-state index in [2.05, 4.69) is 15.3 Å². The third-order valence-electron chi connectivity index (χ3n) is 1.44. The molecule has 1 aromatic rings. The first-order valence-electron chi connectivity index (χ1n) is 3.72. The molecule has 0 aliphatic carbocycles. The molecule has 0 spiro atoms. The lowest BCUT2D eigenvalue weighted by Gasteiger charge is -2.13. The van der Waals surface area contributed by atoms with Crippen LogP contribution in [0, 0.1) is 0 Å². The van der Waals surface area contributed by atoms with Gasteiger partial charge in [0.05, 0.1) is 19.3 Å². The largest absolute Gasteiger partial charge is 0.394 e. The molecule has 0 atom stereocenters. The van der Waals surface area contributed by atoms with Crippen LogP contribution in [0.5, 0.6) is 0 Å². The lowest BCUT2D eigenvalue weighted by Crippen LogP contribution is -2.28. The Hall–Kier alpha value is -0.910. The lowest BCUT2D eigenvalue weighted by atomic mass is 10.3. The molecule has 13 heavy (non-hydrogen) atoms. The van der Waals surface area contributed by atoms with E-state index in [4.69, 9.17) is 21.8 Å². The minimum Gasteiger partial charge on any atom is -0.394 e. The highest BCUT2D eigenvalue weighted by molar-refractivity contribution is 6.31. The summed E-state index contributed by atoms with van der Waals surface area (Å²) in [4.78, 5) is 7.66. The molecule has 0 unspecified atom stereocenters. The van der Waals surface area contributed by atoms with Gasteiger partial charge in [-0.25, -0.2) is 9.97 Å². The predicted molar refractivity (Wildman–Crippen MR) is 48.6 cm³/mol. The SMILES string of the molecule is OCC(CO)Nc1nccnc1Cl. The van der Waals surface area contributed by atoms with E-state index in [-0.39, 0.29) is 18.4 Å². The molecule has 0 aromatic carbocycles. The Balaban J connectivity index is 2.67. The van der Waals surface area contributed by atoms with Crippen molar-refractivity contribution in [1.29, 1.82) is 0 Å². The Morgan fingerprint density at radius 2 is 1.92 bits per heavy atom. The van der Waals surface area contributed by atoms with Crippen molar-refractivity contribution in [3.05, 3.63) is 17.5 Å². The number of aromatic nitrogens is 2. The molecule has 0 fully saturated rings. The molecule has 0 aliphatic rings. The van der Waals surface area contributed by atoms with Crippen molar-refractivity contribution < 1.29 is 10.2 Å². The van der Waals surface area contributed by atoms with Crippen LogP contribution in [-0.4, -0.2) is 39.4 Å². The van der Waals surface area contributed by atoms with Crippen LogP contribution in [0.25, 0.3) is 0 Å². The third kappa shape index (κ3) is 2.80. The van der Waals surface area contributed by atoms with E-state index in [9.17, 15) is 0 Å². The van der Waals surface area contributed by atoms with Gasteiger partial charge in [-0.15, -0.1) is 0 Å². The number of rotatable bonds is 4. The first kappa shape index (κ1) is 10.2. The van der Waals surface area contributed by atoms with Gasteiger partial charge in [0, 0.05) is 12.4 Å². The molecule has 1 rings (SSSR count). The highest BCUT2D eigenvalue weighted by Gasteiger charge is 2.08. The molecular formula is C7H10ClN3O2. The van der Waals surface area contributed by atoms with Gasteiger partial charge >= 0.3 is 0 Å². The van der Waals surface area contributed by atoms with Gasteiger partial charge in [0.2, 0.25) is 0 Å². The Morgan fingerprint density at radius 3 is 2.46 bits per heavy atom. The smallest absolute Gasteiger partial charge is 0.171 e. The number of nitrogens with zero attached hydrogens (tertiary/aromatic N) is 2. The van der Waals surface area contributed by atoms with Gasteiger partial charge in [0.1, 0.15) is 0 Å². The molecule has 0 amide bonds. The molecule has 0 bridgehead atoms. The van der Waals surface area contributed by atoms with E-state index < -0.39 is 6.04 Å². The molecule has 0 saturated carbocycles. The molecular weight excluding hydrogens is 194 g/mol. The van der Waals surface area contributed by atoms with E-state index in [1.807, 2.05) is 0 Å². The van der Waals surface area contributed by atoms with Crippen molar-refractivity contribution >= 4 is 17.4 Å². The second-order valence-corrected chi connectivity index (χ2v) is 2.76. The first-order valence-corrected chi connectivity index (χ1v) is 4.10. The summed E-state index contributed by atoms with van der Waals surface area (Å²) < 4.78 is 0. The van der Waals surface area contributed by atoms with Gasteiger partial charge in [-0.2, -0.15) is 0 Å². The number of hydrogen-bond donors (Lipinski definition) is 3. The fourth-order valence-electron chi connectivity index (χ4n) is 0.760. The predicted octanol–water partition coefficient (Wildman–Crippen LogP) is -0.105. The van der Waals surface area contributed by atoms with Crippen molar-refractivity contribution in [2.45, 2.75) is 6.04 Å². The molecule has 0 aliphatic heterocycles. The second kappa shape index (κ2) is 4.96. The Labute approximate surface area is 80.4 Å². The normalized spacial score (nSPS) is 10.5. The summed E-state index contributed by atoms with van der Waals surface area (Å²) >= 11 is 5.68. The van der Waals surface area contributed by atoms with Crippen molar-refractivity contribution in [1.82, 2.24) is 9.97 Å². The van der Waals surface area contributed by atoms with E-state index in [0.717, 1.165) is 0 Å². The van der Waals surface area contributed by atoms with E-state index in [0.29, 0.717) is 5.82 Å². The fourth-order valence-corrected chi connectivity index (χ4v) is 0.920. The summed E-state index contributed by atoms with van der Waals surface area (Å²) in [6, 6.07) is -0.464. The van der Waals surface area contributed by atoms with Crippen LogP contribution in [0.4, 0.5) is 5.82 Å². The molecule has 0 radical (unpaired) electrons. The highest BCUT2D eigenvalue weighted by Crippen LogP contribution is 2.14. The lowest BCUT2D eigenvalue weighted by molar-refractivity contribution is 0.203. The zero-order chi connectivity index (χ0) is 9.68. The van der Waals surface area contributed by atoms with E-state index >= 15 is 0 Å². The number of aliphatic hydroxyl groups is 2. The zero-order valence-electron chi connectivity index (χ0n) is 6.81. The van der Waals surface area contributed by atoms with Gasteiger partial charge in [0.25, 0.3) is 0 Å². The summed E-state index contributed by atoms with van der Waals surface area (Å²) in [5, 5.41) is 20.5. The maximum Gasteiger partial charge on any atom is 0.171 e. The summed E-state index contributed by atoms with van der Waals surface area (Å²) in [5.74, 6) is 0.359. The maximum atomic E-state index is 8.76. The van der Waals surface area contributed by atoms with E-state index in [1.165, 1.54) is 12.4 Å². The van der Waals surface area contributed by atoms with Gasteiger partial charge < -0.3 is 15.5 Å². The summed E-state index contributed by atoms with van der Waals surface area (Å²) in [5.41, 5.74) is 0. The van der Waals surface area contributed by atoms with Crippen molar-refractivity contribution in [3.63, 3.8) is 0 Å². The number of anilines is 1. The summed E-state index contributed by atoms with van der Waals surface area (Å²) in [7, 11) is 0. The quantitative estimate of drug-likeness (QED) is 0.637. The topological polar surface area (TPSA) is 78.3 Å². The Morgan fingerprint density at radius 1 is 1.31 bits per heavy atom. The van der Waals surface area contributed by atoms with Crippen LogP contribution in [-0.2, 0) is 0 Å². The first-order chi connectivity index (χ1) is 6.27. The molecule has 5 nitrogen and oxygen atoms in total. The molecule has 6 heteroatoms. The molecule has 0 saturated heterocycles. The minimum absolute atomic E-state index is 0.191. The standard InChI is InChI=1S/C7H10ClN3O2/c8-6-7(10-2-1-9-6)11-5(3-12)4-13/h1-2,5,12-13H,3-4H2,(H,10,11). The Bertz CT molecular complexity index is 268. The van der Waals surface area contributed by atoms with Crippen molar-refractivity contribution in [3.8, 4) is 0 Å². The number of nitrogens with one attached hydrogen (secondary N) is 1. The van der Waals surface area contributed by atoms with Crippen LogP contribution in [0.3, 0.4) is 0 Å². The van der Waals surface area contributed by atoms with Gasteiger partial charge in [-0.05, 0) is 0 Å². The van der Waals surface area contributed by atoms with Gasteiger partial charge in [0.15, 0.2) is 11.0 Å². The fraction of sp³-hybridized carbons (Fsp3) is 0.429. The number of aliphatic hydroxyl groups excluding tert-OH is 2. The number of hydrogen-bond acceptors (Lipinski definition) is 5. The van der Waals surface area contributed by atoms with Gasteiger partial charge in [-0.1, -0.05) is 11.6 Å². The maximum absolute atomic E-state index is 8.76. The monoisotopic (exact) mass is 203 g/mol. The van der Waals surface area contributed by atoms with Crippen LogP contribution in [0.15, 0.2) is 12.4 Å². The summed E-state index contributed by atoms with van der Waals surface area (Å²) in [6.45, 7) is -0.382. The van der Waals surface area contributed by atoms with E-state index in [1.54, 1.807) is 0 Å². The zero-order valence-corrected chi connectivity index (χ0v) is 7.57. The second-order valence-electron chi connectivity index (χ2n) is 2.40. The minimum atomic E-state index is -0.464. The van der Waals surface area contributed by atoms with Gasteiger partial charge in [-0.3, -0.25) is 0 Å². The van der Waals surface area contributed by atoms with Crippen LogP contribution < -0.4 is 5.32 Å². The highest BCUT2D eigenvalue weighted by atomic mass is 35.5. The molecule has 3 N–H and O–H groups in total. The molecule has 72 valence electrons. The Kier molecular flexibility index (Phi) is 3.88.